The first-order chi connectivity index (χ1) is 16.8. The predicted octanol–water partition coefficient (Wildman–Crippen LogP) is 4.74. The highest BCUT2D eigenvalue weighted by molar-refractivity contribution is 7.89. The van der Waals surface area contributed by atoms with Crippen molar-refractivity contribution in [3.63, 3.8) is 0 Å². The maximum Gasteiger partial charge on any atom is 0.240 e. The summed E-state index contributed by atoms with van der Waals surface area (Å²) < 4.78 is 27.8. The van der Waals surface area contributed by atoms with Gasteiger partial charge >= 0.3 is 0 Å². The van der Waals surface area contributed by atoms with Crippen molar-refractivity contribution in [2.24, 2.45) is 0 Å². The number of phenols is 1. The molecule has 4 rings (SSSR count). The number of aryl methyl sites for hydroxylation is 2. The molecule has 1 atom stereocenters. The largest absolute Gasteiger partial charge is 0.508 e. The summed E-state index contributed by atoms with van der Waals surface area (Å²) >= 11 is 0. The first kappa shape index (κ1) is 24.4. The van der Waals surface area contributed by atoms with Gasteiger partial charge < -0.3 is 10.4 Å². The summed E-state index contributed by atoms with van der Waals surface area (Å²) in [4.78, 5) is 13.1. The van der Waals surface area contributed by atoms with E-state index in [0.29, 0.717) is 5.56 Å². The van der Waals surface area contributed by atoms with Crippen molar-refractivity contribution in [2.45, 2.75) is 31.2 Å². The van der Waals surface area contributed by atoms with Crippen molar-refractivity contribution in [1.82, 2.24) is 10.0 Å². The van der Waals surface area contributed by atoms with Crippen LogP contribution in [0, 0.1) is 13.8 Å². The Morgan fingerprint density at radius 2 is 1.60 bits per heavy atom. The minimum atomic E-state index is -3.73. The maximum absolute atomic E-state index is 12.9. The summed E-state index contributed by atoms with van der Waals surface area (Å²) in [6.45, 7) is 3.72. The Balaban J connectivity index is 1.54. The zero-order chi connectivity index (χ0) is 25.0. The van der Waals surface area contributed by atoms with Crippen LogP contribution >= 0.6 is 0 Å². The molecule has 7 heteroatoms. The van der Waals surface area contributed by atoms with Crippen LogP contribution in [0.15, 0.2) is 89.8 Å². The molecular formula is C28H28N2O4S. The number of phenolic OH excluding ortho intramolecular Hbond substituents is 1. The van der Waals surface area contributed by atoms with Gasteiger partial charge in [0.1, 0.15) is 5.75 Å². The van der Waals surface area contributed by atoms with E-state index in [-0.39, 0.29) is 29.5 Å². The third-order valence-electron chi connectivity index (χ3n) is 6.11. The van der Waals surface area contributed by atoms with E-state index in [4.69, 9.17) is 0 Å². The molecule has 35 heavy (non-hydrogen) atoms. The highest BCUT2D eigenvalue weighted by atomic mass is 32.2. The van der Waals surface area contributed by atoms with Crippen molar-refractivity contribution in [2.75, 3.05) is 6.54 Å². The molecule has 0 heterocycles. The van der Waals surface area contributed by atoms with E-state index < -0.39 is 16.1 Å². The lowest BCUT2D eigenvalue weighted by molar-refractivity contribution is -0.121. The maximum atomic E-state index is 12.9. The molecule has 3 N–H and O–H groups in total. The Kier molecular flexibility index (Phi) is 7.19. The van der Waals surface area contributed by atoms with Crippen LogP contribution in [0.4, 0.5) is 0 Å². The van der Waals surface area contributed by atoms with Gasteiger partial charge in [0.2, 0.25) is 15.9 Å². The number of amides is 1. The molecule has 0 aliphatic rings. The number of hydrogen-bond donors (Lipinski definition) is 3. The highest BCUT2D eigenvalue weighted by Gasteiger charge is 2.23. The molecule has 1 amide bonds. The zero-order valence-electron chi connectivity index (χ0n) is 19.7. The lowest BCUT2D eigenvalue weighted by Gasteiger charge is -2.23. The fourth-order valence-electron chi connectivity index (χ4n) is 4.05. The molecule has 0 radical (unpaired) electrons. The molecule has 0 aliphatic carbocycles. The van der Waals surface area contributed by atoms with E-state index in [1.807, 2.05) is 74.5 Å². The summed E-state index contributed by atoms with van der Waals surface area (Å²) in [7, 11) is -3.73. The molecule has 0 aliphatic heterocycles. The second-order valence-corrected chi connectivity index (χ2v) is 10.3. The van der Waals surface area contributed by atoms with E-state index in [1.54, 1.807) is 24.3 Å². The molecule has 4 aromatic carbocycles. The van der Waals surface area contributed by atoms with E-state index in [1.165, 1.54) is 0 Å². The lowest BCUT2D eigenvalue weighted by Crippen LogP contribution is -2.33. The van der Waals surface area contributed by atoms with Crippen molar-refractivity contribution in [1.29, 1.82) is 0 Å². The van der Waals surface area contributed by atoms with Gasteiger partial charge in [-0.3, -0.25) is 4.79 Å². The second-order valence-electron chi connectivity index (χ2n) is 8.52. The van der Waals surface area contributed by atoms with Crippen molar-refractivity contribution >= 4 is 26.7 Å². The molecule has 0 bridgehead atoms. The molecule has 0 saturated carbocycles. The van der Waals surface area contributed by atoms with Crippen LogP contribution in [0.2, 0.25) is 0 Å². The Morgan fingerprint density at radius 1 is 0.886 bits per heavy atom. The van der Waals surface area contributed by atoms with Crippen LogP contribution in [-0.4, -0.2) is 26.0 Å². The Hall–Kier alpha value is -3.68. The van der Waals surface area contributed by atoms with Gasteiger partial charge in [0.15, 0.2) is 0 Å². The molecular weight excluding hydrogens is 460 g/mol. The minimum absolute atomic E-state index is 0.0515. The van der Waals surface area contributed by atoms with Crippen molar-refractivity contribution in [3.8, 4) is 5.75 Å². The quantitative estimate of drug-likeness (QED) is 0.334. The van der Waals surface area contributed by atoms with Gasteiger partial charge in [-0.25, -0.2) is 13.1 Å². The van der Waals surface area contributed by atoms with Gasteiger partial charge in [0.05, 0.1) is 10.9 Å². The number of benzene rings is 4. The number of fused-ring (bicyclic) bond motifs is 1. The molecule has 180 valence electrons. The van der Waals surface area contributed by atoms with E-state index in [9.17, 15) is 18.3 Å². The van der Waals surface area contributed by atoms with E-state index in [2.05, 4.69) is 10.0 Å². The lowest BCUT2D eigenvalue weighted by atomic mass is 9.92. The normalized spacial score (nSPS) is 12.4. The van der Waals surface area contributed by atoms with Gasteiger partial charge in [0, 0.05) is 18.5 Å². The zero-order valence-corrected chi connectivity index (χ0v) is 20.5. The molecule has 0 fully saturated rings. The third kappa shape index (κ3) is 5.53. The molecule has 4 aromatic rings. The van der Waals surface area contributed by atoms with Crippen LogP contribution in [0.25, 0.3) is 10.8 Å². The summed E-state index contributed by atoms with van der Waals surface area (Å²) in [6, 6.07) is 24.8. The van der Waals surface area contributed by atoms with Crippen LogP contribution in [0.3, 0.4) is 0 Å². The molecule has 0 saturated heterocycles. The number of hydrogen-bond acceptors (Lipinski definition) is 4. The summed E-state index contributed by atoms with van der Waals surface area (Å²) in [5.74, 6) is -0.262. The fourth-order valence-corrected chi connectivity index (χ4v) is 5.17. The van der Waals surface area contributed by atoms with Crippen molar-refractivity contribution < 1.29 is 18.3 Å². The Labute approximate surface area is 205 Å². The van der Waals surface area contributed by atoms with Crippen LogP contribution in [0.5, 0.6) is 5.75 Å². The summed E-state index contributed by atoms with van der Waals surface area (Å²) in [5, 5.41) is 15.5. The number of sulfonamides is 1. The highest BCUT2D eigenvalue weighted by Crippen LogP contribution is 2.35. The average Bonchev–Trinajstić information content (AvgIpc) is 2.85. The topological polar surface area (TPSA) is 95.5 Å². The van der Waals surface area contributed by atoms with Gasteiger partial charge in [-0.05, 0) is 59.5 Å². The van der Waals surface area contributed by atoms with Gasteiger partial charge in [-0.1, -0.05) is 66.7 Å². The average molecular weight is 489 g/mol. The van der Waals surface area contributed by atoms with E-state index in [0.717, 1.165) is 27.5 Å². The molecule has 0 spiro atoms. The Bertz CT molecular complexity index is 1470. The standard InChI is InChI=1S/C28H28N2O4S/c1-19-12-14-23(18-20(19)2)35(33,34)29-17-16-26(32)30-28(22-9-4-3-5-10-22)27-24-11-7-6-8-21(24)13-15-25(27)31/h3-15,18,28-29,31H,16-17H2,1-2H3,(H,30,32). The van der Waals surface area contributed by atoms with Gasteiger partial charge in [-0.15, -0.1) is 0 Å². The van der Waals surface area contributed by atoms with Gasteiger partial charge in [-0.2, -0.15) is 0 Å². The fraction of sp³-hybridized carbons (Fsp3) is 0.179. The monoisotopic (exact) mass is 488 g/mol. The number of carbonyl (C=O) groups is 1. The number of carbonyl (C=O) groups excluding carboxylic acids is 1. The predicted molar refractivity (Wildman–Crippen MR) is 138 cm³/mol. The number of aromatic hydroxyl groups is 1. The molecule has 1 unspecified atom stereocenters. The first-order valence-electron chi connectivity index (χ1n) is 11.4. The second kappa shape index (κ2) is 10.3. The third-order valence-corrected chi connectivity index (χ3v) is 7.57. The van der Waals surface area contributed by atoms with E-state index >= 15 is 0 Å². The SMILES string of the molecule is Cc1ccc(S(=O)(=O)NCCC(=O)NC(c2ccccc2)c2c(O)ccc3ccccc23)cc1C. The van der Waals surface area contributed by atoms with Crippen LogP contribution in [0.1, 0.15) is 34.7 Å². The number of rotatable bonds is 8. The molecule has 0 aromatic heterocycles. The summed E-state index contributed by atoms with van der Waals surface area (Å²) in [6.07, 6.45) is -0.0566. The van der Waals surface area contributed by atoms with Crippen LogP contribution in [-0.2, 0) is 14.8 Å². The first-order valence-corrected chi connectivity index (χ1v) is 12.9. The minimum Gasteiger partial charge on any atom is -0.508 e. The van der Waals surface area contributed by atoms with Crippen molar-refractivity contribution in [3.05, 3.63) is 107 Å². The smallest absolute Gasteiger partial charge is 0.240 e. The molecule has 6 nitrogen and oxygen atoms in total. The van der Waals surface area contributed by atoms with Crippen LogP contribution < -0.4 is 10.0 Å². The summed E-state index contributed by atoms with van der Waals surface area (Å²) in [5.41, 5.74) is 3.29. The Morgan fingerprint density at radius 3 is 2.34 bits per heavy atom. The number of nitrogens with one attached hydrogen (secondary N) is 2. The van der Waals surface area contributed by atoms with Gasteiger partial charge in [0.25, 0.3) is 0 Å².